The fraction of sp³-hybridized carbons (Fsp3) is 0.500. The number of piperidine rings is 1. The second-order valence-corrected chi connectivity index (χ2v) is 14.7. The van der Waals surface area contributed by atoms with E-state index in [2.05, 4.69) is 58.8 Å². The summed E-state index contributed by atoms with van der Waals surface area (Å²) in [5.74, 6) is 0.585. The molecule has 0 N–H and O–H groups in total. The molecule has 0 radical (unpaired) electrons. The van der Waals surface area contributed by atoms with Crippen molar-refractivity contribution in [2.45, 2.75) is 64.6 Å². The van der Waals surface area contributed by atoms with E-state index in [1.165, 1.54) is 0 Å². The highest BCUT2D eigenvalue weighted by atomic mass is 79.9. The van der Waals surface area contributed by atoms with Gasteiger partial charge < -0.3 is 4.90 Å². The Labute approximate surface area is 251 Å². The number of halogens is 1. The number of hydrogen-bond acceptors (Lipinski definition) is 6. The second kappa shape index (κ2) is 11.9. The van der Waals surface area contributed by atoms with Crippen LogP contribution in [0.25, 0.3) is 5.69 Å². The maximum Gasteiger partial charge on any atom is 0.253 e. The Morgan fingerprint density at radius 3 is 2.22 bits per heavy atom. The normalized spacial score (nSPS) is 24.5. The molecule has 2 aliphatic heterocycles. The van der Waals surface area contributed by atoms with Crippen LogP contribution in [0, 0.1) is 18.8 Å². The highest BCUT2D eigenvalue weighted by Crippen LogP contribution is 2.28. The van der Waals surface area contributed by atoms with Crippen molar-refractivity contribution in [1.82, 2.24) is 29.1 Å². The summed E-state index contributed by atoms with van der Waals surface area (Å²) in [5, 5.41) is 8.76. The highest BCUT2D eigenvalue weighted by molar-refractivity contribution is 9.10. The van der Waals surface area contributed by atoms with Crippen LogP contribution < -0.4 is 0 Å². The average molecular weight is 644 g/mol. The van der Waals surface area contributed by atoms with Gasteiger partial charge in [-0.2, -0.15) is 4.31 Å². The summed E-state index contributed by atoms with van der Waals surface area (Å²) in [6, 6.07) is 12.7. The minimum Gasteiger partial charge on any atom is -0.336 e. The first-order valence-corrected chi connectivity index (χ1v) is 16.5. The van der Waals surface area contributed by atoms with Gasteiger partial charge in [0.05, 0.1) is 22.5 Å². The predicted octanol–water partition coefficient (Wildman–Crippen LogP) is 4.74. The predicted molar refractivity (Wildman–Crippen MR) is 162 cm³/mol. The molecule has 0 bridgehead atoms. The minimum atomic E-state index is -3.58. The number of piperazine rings is 1. The van der Waals surface area contributed by atoms with Crippen molar-refractivity contribution in [2.24, 2.45) is 11.8 Å². The van der Waals surface area contributed by atoms with Crippen molar-refractivity contribution in [3.05, 3.63) is 70.0 Å². The van der Waals surface area contributed by atoms with Gasteiger partial charge >= 0.3 is 0 Å². The first-order chi connectivity index (χ1) is 19.4. The van der Waals surface area contributed by atoms with Crippen LogP contribution in [0.3, 0.4) is 0 Å². The Kier molecular flexibility index (Phi) is 8.71. The Balaban J connectivity index is 1.23. The minimum absolute atomic E-state index is 0.0808. The van der Waals surface area contributed by atoms with Crippen molar-refractivity contribution in [1.29, 1.82) is 0 Å². The van der Waals surface area contributed by atoms with E-state index in [0.717, 1.165) is 27.8 Å². The van der Waals surface area contributed by atoms with E-state index in [0.29, 0.717) is 50.1 Å². The molecule has 4 atom stereocenters. The molecule has 41 heavy (non-hydrogen) atoms. The molecule has 2 aliphatic rings. The van der Waals surface area contributed by atoms with E-state index >= 15 is 0 Å². The monoisotopic (exact) mass is 642 g/mol. The Bertz CT molecular complexity index is 1490. The number of aryl methyl sites for hydroxylation is 1. The Morgan fingerprint density at radius 1 is 0.951 bits per heavy atom. The van der Waals surface area contributed by atoms with Gasteiger partial charge in [-0.15, -0.1) is 5.10 Å². The van der Waals surface area contributed by atoms with Crippen LogP contribution in [-0.4, -0.2) is 81.7 Å². The zero-order valence-electron chi connectivity index (χ0n) is 24.4. The number of hydrogen-bond donors (Lipinski definition) is 0. The fourth-order valence-electron chi connectivity index (χ4n) is 6.22. The molecule has 1 amide bonds. The standard InChI is InChI=1S/C30H39BrN6O3S/c1-20-13-21(2)15-35(14-20)41(39,40)27-11-9-25(10-12-27)30(38)34-16-23(4)36(24(5)17-34)18-26-19-37(33-32-26)28-8-6-7-22(3)29(28)31/h6-12,19-21,23-24H,13-18H2,1-5H3/t20?,21?,23-,24+. The van der Waals surface area contributed by atoms with Crippen molar-refractivity contribution >= 4 is 31.9 Å². The van der Waals surface area contributed by atoms with Crippen molar-refractivity contribution in [3.8, 4) is 5.69 Å². The van der Waals surface area contributed by atoms with Gasteiger partial charge in [0, 0.05) is 54.8 Å². The molecular formula is C30H39BrN6O3S. The van der Waals surface area contributed by atoms with E-state index in [4.69, 9.17) is 0 Å². The molecule has 2 saturated heterocycles. The number of carbonyl (C=O) groups excluding carboxylic acids is 1. The van der Waals surface area contributed by atoms with Crippen molar-refractivity contribution in [2.75, 3.05) is 26.2 Å². The van der Waals surface area contributed by atoms with Crippen LogP contribution in [0.1, 0.15) is 55.7 Å². The van der Waals surface area contributed by atoms with Gasteiger partial charge in [0.1, 0.15) is 0 Å². The highest BCUT2D eigenvalue weighted by Gasteiger charge is 2.34. The Hall–Kier alpha value is -2.60. The van der Waals surface area contributed by atoms with E-state index in [1.54, 1.807) is 33.3 Å². The first kappa shape index (κ1) is 29.9. The summed E-state index contributed by atoms with van der Waals surface area (Å²) in [6.45, 7) is 13.3. The van der Waals surface area contributed by atoms with Gasteiger partial charge in [-0.3, -0.25) is 9.69 Å². The van der Waals surface area contributed by atoms with Crippen LogP contribution in [-0.2, 0) is 16.6 Å². The number of sulfonamides is 1. The summed E-state index contributed by atoms with van der Waals surface area (Å²) < 4.78 is 30.9. The van der Waals surface area contributed by atoms with Crippen molar-refractivity contribution in [3.63, 3.8) is 0 Å². The summed E-state index contributed by atoms with van der Waals surface area (Å²) in [4.78, 5) is 17.9. The molecule has 0 spiro atoms. The SMILES string of the molecule is Cc1cccc(-n2cc(CN3[C@H](C)CN(C(=O)c4ccc(S(=O)(=O)N5CC(C)CC(C)C5)cc4)C[C@@H]3C)nn2)c1Br. The van der Waals surface area contributed by atoms with E-state index in [9.17, 15) is 13.2 Å². The van der Waals surface area contributed by atoms with Crippen LogP contribution in [0.2, 0.25) is 0 Å². The molecule has 11 heteroatoms. The maximum absolute atomic E-state index is 13.4. The lowest BCUT2D eigenvalue weighted by Gasteiger charge is -2.44. The first-order valence-electron chi connectivity index (χ1n) is 14.3. The number of rotatable bonds is 6. The lowest BCUT2D eigenvalue weighted by molar-refractivity contribution is 0.0264. The maximum atomic E-state index is 13.4. The van der Waals surface area contributed by atoms with Crippen LogP contribution >= 0.6 is 15.9 Å². The van der Waals surface area contributed by atoms with Crippen LogP contribution in [0.5, 0.6) is 0 Å². The molecule has 220 valence electrons. The van der Waals surface area contributed by atoms with Gasteiger partial charge in [0.15, 0.2) is 0 Å². The third-order valence-corrected chi connectivity index (χ3v) is 11.1. The zero-order valence-corrected chi connectivity index (χ0v) is 26.8. The summed E-state index contributed by atoms with van der Waals surface area (Å²) in [5.41, 5.74) is 3.44. The summed E-state index contributed by atoms with van der Waals surface area (Å²) >= 11 is 3.65. The molecular weight excluding hydrogens is 604 g/mol. The van der Waals surface area contributed by atoms with Crippen LogP contribution in [0.4, 0.5) is 0 Å². The smallest absolute Gasteiger partial charge is 0.253 e. The lowest BCUT2D eigenvalue weighted by atomic mass is 9.94. The van der Waals surface area contributed by atoms with Crippen LogP contribution in [0.15, 0.2) is 58.0 Å². The molecule has 0 saturated carbocycles. The van der Waals surface area contributed by atoms with Gasteiger partial charge in [-0.05, 0) is 90.9 Å². The third-order valence-electron chi connectivity index (χ3n) is 8.27. The number of nitrogens with zero attached hydrogens (tertiary/aromatic N) is 6. The average Bonchev–Trinajstić information content (AvgIpc) is 3.39. The third kappa shape index (κ3) is 6.28. The lowest BCUT2D eigenvalue weighted by Crippen LogP contribution is -2.57. The number of aromatic nitrogens is 3. The largest absolute Gasteiger partial charge is 0.336 e. The number of amides is 1. The molecule has 0 aliphatic carbocycles. The fourth-order valence-corrected chi connectivity index (χ4v) is 8.35. The topological polar surface area (TPSA) is 91.6 Å². The molecule has 2 fully saturated rings. The molecule has 5 rings (SSSR count). The molecule has 3 heterocycles. The molecule has 1 aromatic heterocycles. The molecule has 2 aromatic carbocycles. The number of benzene rings is 2. The van der Waals surface area contributed by atoms with E-state index in [-0.39, 0.29) is 22.9 Å². The van der Waals surface area contributed by atoms with Crippen molar-refractivity contribution < 1.29 is 13.2 Å². The summed E-state index contributed by atoms with van der Waals surface area (Å²) in [7, 11) is -3.58. The Morgan fingerprint density at radius 2 is 1.59 bits per heavy atom. The number of carbonyl (C=O) groups is 1. The summed E-state index contributed by atoms with van der Waals surface area (Å²) in [6.07, 6.45) is 2.99. The zero-order chi connectivity index (χ0) is 29.5. The quantitative estimate of drug-likeness (QED) is 0.386. The van der Waals surface area contributed by atoms with E-state index in [1.807, 2.05) is 36.2 Å². The molecule has 9 nitrogen and oxygen atoms in total. The van der Waals surface area contributed by atoms with E-state index < -0.39 is 10.0 Å². The molecule has 2 unspecified atom stereocenters. The van der Waals surface area contributed by atoms with Gasteiger partial charge in [-0.25, -0.2) is 13.1 Å². The van der Waals surface area contributed by atoms with Gasteiger partial charge in [0.2, 0.25) is 10.0 Å². The van der Waals surface area contributed by atoms with Gasteiger partial charge in [0.25, 0.3) is 5.91 Å². The second-order valence-electron chi connectivity index (χ2n) is 11.9. The molecule has 3 aromatic rings. The van der Waals surface area contributed by atoms with Gasteiger partial charge in [-0.1, -0.05) is 31.2 Å².